The van der Waals surface area contributed by atoms with Crippen molar-refractivity contribution < 1.29 is 9.90 Å². The van der Waals surface area contributed by atoms with Gasteiger partial charge in [0.15, 0.2) is 11.4 Å². The van der Waals surface area contributed by atoms with E-state index in [1.807, 2.05) is 65.6 Å². The fourth-order valence-electron chi connectivity index (χ4n) is 4.53. The first-order valence-electron chi connectivity index (χ1n) is 11.5. The summed E-state index contributed by atoms with van der Waals surface area (Å²) in [7, 11) is 3.61. The van der Waals surface area contributed by atoms with Crippen LogP contribution in [0.2, 0.25) is 0 Å². The molecule has 1 fully saturated rings. The molecule has 10 heteroatoms. The summed E-state index contributed by atoms with van der Waals surface area (Å²) < 4.78 is 1.82. The maximum absolute atomic E-state index is 12.5. The highest BCUT2D eigenvalue weighted by Gasteiger charge is 2.45. The lowest BCUT2D eigenvalue weighted by molar-refractivity contribution is -0.143. The number of anilines is 2. The van der Waals surface area contributed by atoms with Crippen molar-refractivity contribution in [2.24, 2.45) is 7.05 Å². The largest absolute Gasteiger partial charge is 0.375 e. The van der Waals surface area contributed by atoms with Gasteiger partial charge in [-0.05, 0) is 29.8 Å². The molecule has 0 bridgehead atoms. The van der Waals surface area contributed by atoms with Crippen LogP contribution in [0.25, 0.3) is 32.9 Å². The number of para-hydroxylation sites is 1. The van der Waals surface area contributed by atoms with E-state index in [2.05, 4.69) is 20.4 Å². The Kier molecular flexibility index (Phi) is 5.27. The first kappa shape index (κ1) is 22.3. The van der Waals surface area contributed by atoms with Crippen LogP contribution in [0.15, 0.2) is 66.2 Å². The Morgan fingerprint density at radius 3 is 2.75 bits per heavy atom. The molecule has 3 aromatic heterocycles. The molecule has 5 aromatic rings. The second-order valence-corrected chi connectivity index (χ2v) is 9.69. The summed E-state index contributed by atoms with van der Waals surface area (Å²) in [5.41, 5.74) is 2.34. The predicted molar refractivity (Wildman–Crippen MR) is 139 cm³/mol. The number of aryl methyl sites for hydroxylation is 1. The van der Waals surface area contributed by atoms with Crippen LogP contribution in [0.3, 0.4) is 0 Å². The highest BCUT2D eigenvalue weighted by atomic mass is 32.1. The number of rotatable bonds is 5. The van der Waals surface area contributed by atoms with Crippen molar-refractivity contribution in [3.63, 3.8) is 0 Å². The van der Waals surface area contributed by atoms with E-state index < -0.39 is 5.60 Å². The van der Waals surface area contributed by atoms with Gasteiger partial charge in [0.25, 0.3) is 5.91 Å². The van der Waals surface area contributed by atoms with E-state index in [4.69, 9.17) is 4.98 Å². The summed E-state index contributed by atoms with van der Waals surface area (Å²) in [6.45, 7) is 0.527. The summed E-state index contributed by atoms with van der Waals surface area (Å²) in [5.74, 6) is 0.839. The highest BCUT2D eigenvalue weighted by molar-refractivity contribution is 7.13. The number of nitrogens with zero attached hydrogens (tertiary/aromatic N) is 6. The van der Waals surface area contributed by atoms with E-state index in [1.54, 1.807) is 24.2 Å². The standard InChI is InChI=1S/C26H23N7O2S/c1-32-13-11-26(35,24(32)34)17-7-5-6-16(14-17)23-28-20(15-36-23)19-10-12-27-25(29-19)30-22-18-8-3-4-9-21(18)33(2)31-22/h3-10,12,14-15,35H,11,13H2,1-2H3,(H,27,29,30,31). The molecule has 1 unspecified atom stereocenters. The molecule has 1 aliphatic rings. The molecule has 0 saturated carbocycles. The van der Waals surface area contributed by atoms with E-state index >= 15 is 0 Å². The van der Waals surface area contributed by atoms with Crippen LogP contribution in [0, 0.1) is 0 Å². The van der Waals surface area contributed by atoms with Gasteiger partial charge < -0.3 is 15.3 Å². The summed E-state index contributed by atoms with van der Waals surface area (Å²) in [6, 6.07) is 17.2. The topological polar surface area (TPSA) is 109 Å². The van der Waals surface area contributed by atoms with E-state index in [-0.39, 0.29) is 5.91 Å². The molecule has 1 amide bonds. The van der Waals surface area contributed by atoms with Crippen LogP contribution in [0.5, 0.6) is 0 Å². The number of aliphatic hydroxyl groups is 1. The number of likely N-dealkylation sites (tertiary alicyclic amines) is 1. The number of fused-ring (bicyclic) bond motifs is 1. The molecule has 1 atom stereocenters. The van der Waals surface area contributed by atoms with Crippen molar-refractivity contribution in [1.82, 2.24) is 29.6 Å². The molecule has 1 saturated heterocycles. The molecule has 2 aromatic carbocycles. The minimum atomic E-state index is -1.49. The molecule has 0 radical (unpaired) electrons. The number of benzene rings is 2. The van der Waals surface area contributed by atoms with Gasteiger partial charge in [0.2, 0.25) is 5.95 Å². The van der Waals surface area contributed by atoms with Gasteiger partial charge in [-0.2, -0.15) is 5.10 Å². The highest BCUT2D eigenvalue weighted by Crippen LogP contribution is 2.36. The van der Waals surface area contributed by atoms with Gasteiger partial charge in [0.05, 0.1) is 11.2 Å². The van der Waals surface area contributed by atoms with Crippen molar-refractivity contribution in [2.45, 2.75) is 12.0 Å². The SMILES string of the molecule is CN1CCC(O)(c2cccc(-c3nc(-c4ccnc(Nc5nn(C)c6ccccc56)n4)cs3)c2)C1=O. The Hall–Kier alpha value is -4.15. The van der Waals surface area contributed by atoms with Crippen molar-refractivity contribution >= 4 is 39.9 Å². The Labute approximate surface area is 211 Å². The van der Waals surface area contributed by atoms with Crippen LogP contribution in [-0.2, 0) is 17.4 Å². The molecule has 9 nitrogen and oxygen atoms in total. The zero-order valence-electron chi connectivity index (χ0n) is 19.7. The number of likely N-dealkylation sites (N-methyl/N-ethyl adjacent to an activating group) is 1. The molecule has 1 aliphatic heterocycles. The Morgan fingerprint density at radius 2 is 1.92 bits per heavy atom. The fourth-order valence-corrected chi connectivity index (χ4v) is 5.34. The molecular formula is C26H23N7O2S. The number of nitrogens with one attached hydrogen (secondary N) is 1. The number of amides is 1. The molecule has 0 aliphatic carbocycles. The van der Waals surface area contributed by atoms with Gasteiger partial charge in [-0.3, -0.25) is 9.48 Å². The van der Waals surface area contributed by atoms with Gasteiger partial charge in [0, 0.05) is 49.6 Å². The summed E-state index contributed by atoms with van der Waals surface area (Å²) in [4.78, 5) is 27.9. The van der Waals surface area contributed by atoms with Gasteiger partial charge in [-0.25, -0.2) is 15.0 Å². The summed E-state index contributed by atoms with van der Waals surface area (Å²) in [6.07, 6.45) is 2.06. The summed E-state index contributed by atoms with van der Waals surface area (Å²) in [5, 5.41) is 22.5. The van der Waals surface area contributed by atoms with Crippen LogP contribution in [0.4, 0.5) is 11.8 Å². The monoisotopic (exact) mass is 497 g/mol. The Balaban J connectivity index is 1.28. The quantitative estimate of drug-likeness (QED) is 0.378. The number of hydrogen-bond acceptors (Lipinski definition) is 8. The molecule has 180 valence electrons. The Bertz CT molecular complexity index is 1610. The lowest BCUT2D eigenvalue weighted by atomic mass is 9.91. The first-order chi connectivity index (χ1) is 17.4. The van der Waals surface area contributed by atoms with E-state index in [1.165, 1.54) is 11.3 Å². The molecule has 6 rings (SSSR count). The molecule has 2 N–H and O–H groups in total. The van der Waals surface area contributed by atoms with Gasteiger partial charge in [0.1, 0.15) is 10.7 Å². The van der Waals surface area contributed by atoms with E-state index in [9.17, 15) is 9.90 Å². The zero-order chi connectivity index (χ0) is 24.9. The predicted octanol–water partition coefficient (Wildman–Crippen LogP) is 3.95. The number of aromatic nitrogens is 5. The fraction of sp³-hybridized carbons (Fsp3) is 0.192. The third kappa shape index (κ3) is 3.71. The smallest absolute Gasteiger partial charge is 0.258 e. The van der Waals surface area contributed by atoms with Crippen molar-refractivity contribution in [1.29, 1.82) is 0 Å². The minimum absolute atomic E-state index is 0.277. The molecule has 36 heavy (non-hydrogen) atoms. The number of carbonyl (C=O) groups is 1. The van der Waals surface area contributed by atoms with Gasteiger partial charge in [-0.15, -0.1) is 11.3 Å². The average Bonchev–Trinajstić information content (AvgIpc) is 3.59. The van der Waals surface area contributed by atoms with E-state index in [0.29, 0.717) is 41.7 Å². The lowest BCUT2D eigenvalue weighted by Gasteiger charge is -2.21. The third-order valence-electron chi connectivity index (χ3n) is 6.51. The maximum Gasteiger partial charge on any atom is 0.258 e. The third-order valence-corrected chi connectivity index (χ3v) is 7.40. The maximum atomic E-state index is 12.5. The minimum Gasteiger partial charge on any atom is -0.375 e. The second kappa shape index (κ2) is 8.51. The van der Waals surface area contributed by atoms with Crippen LogP contribution in [-0.4, -0.2) is 54.2 Å². The Morgan fingerprint density at radius 1 is 1.06 bits per heavy atom. The number of hydrogen-bond donors (Lipinski definition) is 2. The number of carbonyl (C=O) groups excluding carboxylic acids is 1. The average molecular weight is 498 g/mol. The zero-order valence-corrected chi connectivity index (χ0v) is 20.5. The number of thiazole rings is 1. The summed E-state index contributed by atoms with van der Waals surface area (Å²) >= 11 is 1.48. The van der Waals surface area contributed by atoms with Crippen molar-refractivity contribution in [3.8, 4) is 22.0 Å². The molecule has 0 spiro atoms. The van der Waals surface area contributed by atoms with Crippen molar-refractivity contribution in [2.75, 3.05) is 18.9 Å². The second-order valence-electron chi connectivity index (χ2n) is 8.84. The van der Waals surface area contributed by atoms with Gasteiger partial charge >= 0.3 is 0 Å². The van der Waals surface area contributed by atoms with Crippen LogP contribution < -0.4 is 5.32 Å². The lowest BCUT2D eigenvalue weighted by Crippen LogP contribution is -2.36. The first-order valence-corrected chi connectivity index (χ1v) is 12.4. The molecule has 4 heterocycles. The van der Waals surface area contributed by atoms with Gasteiger partial charge in [-0.1, -0.05) is 30.3 Å². The van der Waals surface area contributed by atoms with Crippen molar-refractivity contribution in [3.05, 3.63) is 71.7 Å². The van der Waals surface area contributed by atoms with Crippen LogP contribution in [0.1, 0.15) is 12.0 Å². The molecular weight excluding hydrogens is 474 g/mol. The van der Waals surface area contributed by atoms with E-state index in [0.717, 1.165) is 21.5 Å². The van der Waals surface area contributed by atoms with Crippen LogP contribution >= 0.6 is 11.3 Å². The normalized spacial score (nSPS) is 17.8.